The second kappa shape index (κ2) is 9.83. The summed E-state index contributed by atoms with van der Waals surface area (Å²) in [4.78, 5) is 27.5. The molecule has 33 heavy (non-hydrogen) atoms. The maximum absolute atomic E-state index is 13.3. The summed E-state index contributed by atoms with van der Waals surface area (Å²) < 4.78 is 16.4. The number of morpholine rings is 1. The van der Waals surface area contributed by atoms with E-state index < -0.39 is 11.6 Å². The number of anilines is 2. The van der Waals surface area contributed by atoms with E-state index in [-0.39, 0.29) is 11.3 Å². The maximum atomic E-state index is 13.3. The summed E-state index contributed by atoms with van der Waals surface area (Å²) in [5, 5.41) is 2.97. The molecule has 1 fully saturated rings. The Balaban J connectivity index is 1.82. The van der Waals surface area contributed by atoms with Crippen LogP contribution in [-0.4, -0.2) is 50.9 Å². The molecule has 0 spiro atoms. The molecular formula is C26H34N2O5. The van der Waals surface area contributed by atoms with Crippen molar-refractivity contribution in [2.24, 2.45) is 0 Å². The average molecular weight is 455 g/mol. The molecule has 1 saturated heterocycles. The van der Waals surface area contributed by atoms with Crippen LogP contribution >= 0.6 is 0 Å². The summed E-state index contributed by atoms with van der Waals surface area (Å²) in [6.45, 7) is 12.5. The summed E-state index contributed by atoms with van der Waals surface area (Å²) in [5.74, 6) is -0.174. The summed E-state index contributed by atoms with van der Waals surface area (Å²) in [7, 11) is 1.33. The number of hydrogen-bond acceptors (Lipinski definition) is 6. The zero-order chi connectivity index (χ0) is 24.2. The van der Waals surface area contributed by atoms with Gasteiger partial charge < -0.3 is 24.4 Å². The summed E-state index contributed by atoms with van der Waals surface area (Å²) in [6.07, 6.45) is 0. The van der Waals surface area contributed by atoms with E-state index in [1.165, 1.54) is 12.7 Å². The van der Waals surface area contributed by atoms with Crippen LogP contribution in [-0.2, 0) is 19.7 Å². The Morgan fingerprint density at radius 3 is 2.18 bits per heavy atom. The van der Waals surface area contributed by atoms with Gasteiger partial charge in [0.2, 0.25) is 0 Å². The van der Waals surface area contributed by atoms with Crippen LogP contribution in [0.15, 0.2) is 42.5 Å². The van der Waals surface area contributed by atoms with Crippen LogP contribution in [0, 0.1) is 0 Å². The predicted octanol–water partition coefficient (Wildman–Crippen LogP) is 4.40. The van der Waals surface area contributed by atoms with Crippen molar-refractivity contribution in [2.75, 3.05) is 43.6 Å². The largest absolute Gasteiger partial charge is 0.478 e. The Kier molecular flexibility index (Phi) is 7.32. The Morgan fingerprint density at radius 1 is 0.970 bits per heavy atom. The molecule has 1 amide bonds. The molecule has 0 saturated carbocycles. The molecule has 1 heterocycles. The van der Waals surface area contributed by atoms with E-state index in [2.05, 4.69) is 31.0 Å². The second-order valence-electron chi connectivity index (χ2n) is 9.66. The van der Waals surface area contributed by atoms with Gasteiger partial charge in [0.25, 0.3) is 5.91 Å². The Morgan fingerprint density at radius 2 is 1.61 bits per heavy atom. The number of amides is 1. The quantitative estimate of drug-likeness (QED) is 0.652. The third-order valence-corrected chi connectivity index (χ3v) is 5.66. The molecule has 0 radical (unpaired) electrons. The lowest BCUT2D eigenvalue weighted by Gasteiger charge is -2.32. The Labute approximate surface area is 196 Å². The number of carbonyl (C=O) groups is 2. The molecule has 1 N–H and O–H groups in total. The van der Waals surface area contributed by atoms with Crippen molar-refractivity contribution in [3.63, 3.8) is 0 Å². The van der Waals surface area contributed by atoms with Gasteiger partial charge in [0.05, 0.1) is 37.3 Å². The van der Waals surface area contributed by atoms with E-state index in [1.807, 2.05) is 30.3 Å². The average Bonchev–Trinajstić information content (AvgIpc) is 2.78. The zero-order valence-corrected chi connectivity index (χ0v) is 20.4. The first-order valence-electron chi connectivity index (χ1n) is 11.2. The highest BCUT2D eigenvalue weighted by Gasteiger charge is 2.31. The lowest BCUT2D eigenvalue weighted by atomic mass is 9.87. The molecule has 3 rings (SSSR count). The Bertz CT molecular complexity index is 987. The number of rotatable bonds is 6. The maximum Gasteiger partial charge on any atom is 0.337 e. The smallest absolute Gasteiger partial charge is 0.337 e. The van der Waals surface area contributed by atoms with Crippen LogP contribution in [0.1, 0.15) is 50.5 Å². The molecular weight excluding hydrogens is 420 g/mol. The third kappa shape index (κ3) is 6.05. The van der Waals surface area contributed by atoms with Crippen LogP contribution in [0.3, 0.4) is 0 Å². The lowest BCUT2D eigenvalue weighted by molar-refractivity contribution is -0.128. The minimum absolute atomic E-state index is 0.0337. The van der Waals surface area contributed by atoms with E-state index in [0.29, 0.717) is 43.3 Å². The lowest BCUT2D eigenvalue weighted by Crippen LogP contribution is -2.43. The summed E-state index contributed by atoms with van der Waals surface area (Å²) in [5.41, 5.74) is 1.79. The summed E-state index contributed by atoms with van der Waals surface area (Å²) in [6, 6.07) is 13.0. The van der Waals surface area contributed by atoms with Crippen molar-refractivity contribution in [3.05, 3.63) is 53.6 Å². The van der Waals surface area contributed by atoms with Crippen LogP contribution < -0.4 is 15.0 Å². The van der Waals surface area contributed by atoms with Gasteiger partial charge in [0.1, 0.15) is 5.75 Å². The standard InChI is InChI=1S/C26H34N2O5/c1-25(2,3)19-8-10-20(11-9-19)33-26(4,5)24(30)27-21-17-18(23(29)31-6)7-12-22(21)28-13-15-32-16-14-28/h7-12,17H,13-16H2,1-6H3,(H,27,30). The SMILES string of the molecule is COC(=O)c1ccc(N2CCOCC2)c(NC(=O)C(C)(C)Oc2ccc(C(C)(C)C)cc2)c1. The molecule has 0 aliphatic carbocycles. The van der Waals surface area contributed by atoms with Crippen molar-refractivity contribution >= 4 is 23.3 Å². The van der Waals surface area contributed by atoms with Gasteiger partial charge in [-0.1, -0.05) is 32.9 Å². The van der Waals surface area contributed by atoms with Gasteiger partial charge >= 0.3 is 5.97 Å². The highest BCUT2D eigenvalue weighted by atomic mass is 16.5. The number of carbonyl (C=O) groups excluding carboxylic acids is 2. The van der Waals surface area contributed by atoms with E-state index in [9.17, 15) is 9.59 Å². The topological polar surface area (TPSA) is 77.1 Å². The second-order valence-corrected chi connectivity index (χ2v) is 9.66. The van der Waals surface area contributed by atoms with Crippen LogP contribution in [0.4, 0.5) is 11.4 Å². The number of esters is 1. The van der Waals surface area contributed by atoms with E-state index in [1.54, 1.807) is 26.0 Å². The number of ether oxygens (including phenoxy) is 3. The molecule has 0 bridgehead atoms. The van der Waals surface area contributed by atoms with Gasteiger partial charge in [-0.15, -0.1) is 0 Å². The number of nitrogens with one attached hydrogen (secondary N) is 1. The van der Waals surface area contributed by atoms with E-state index in [4.69, 9.17) is 14.2 Å². The number of benzene rings is 2. The third-order valence-electron chi connectivity index (χ3n) is 5.66. The number of hydrogen-bond donors (Lipinski definition) is 1. The fourth-order valence-corrected chi connectivity index (χ4v) is 3.60. The highest BCUT2D eigenvalue weighted by Crippen LogP contribution is 2.31. The van der Waals surface area contributed by atoms with Crippen LogP contribution in [0.25, 0.3) is 0 Å². The van der Waals surface area contributed by atoms with Gasteiger partial charge in [-0.2, -0.15) is 0 Å². The van der Waals surface area contributed by atoms with E-state index >= 15 is 0 Å². The number of nitrogens with zero attached hydrogens (tertiary/aromatic N) is 1. The van der Waals surface area contributed by atoms with Crippen molar-refractivity contribution in [1.82, 2.24) is 0 Å². The van der Waals surface area contributed by atoms with Crippen LogP contribution in [0.2, 0.25) is 0 Å². The molecule has 7 nitrogen and oxygen atoms in total. The van der Waals surface area contributed by atoms with Crippen molar-refractivity contribution in [2.45, 2.75) is 45.6 Å². The molecule has 1 aliphatic rings. The zero-order valence-electron chi connectivity index (χ0n) is 20.4. The molecule has 2 aromatic carbocycles. The van der Waals surface area contributed by atoms with Gasteiger partial charge in [-0.05, 0) is 55.2 Å². The Hall–Kier alpha value is -3.06. The van der Waals surface area contributed by atoms with Crippen molar-refractivity contribution in [3.8, 4) is 5.75 Å². The van der Waals surface area contributed by atoms with Gasteiger partial charge in [0.15, 0.2) is 5.60 Å². The molecule has 7 heteroatoms. The fourth-order valence-electron chi connectivity index (χ4n) is 3.60. The monoisotopic (exact) mass is 454 g/mol. The van der Waals surface area contributed by atoms with Gasteiger partial charge in [-0.3, -0.25) is 4.79 Å². The van der Waals surface area contributed by atoms with Crippen molar-refractivity contribution in [1.29, 1.82) is 0 Å². The normalized spacial score (nSPS) is 14.5. The molecule has 178 valence electrons. The van der Waals surface area contributed by atoms with Gasteiger partial charge in [0, 0.05) is 13.1 Å². The summed E-state index contributed by atoms with van der Waals surface area (Å²) >= 11 is 0. The first kappa shape index (κ1) is 24.6. The first-order chi connectivity index (χ1) is 15.5. The molecule has 1 aliphatic heterocycles. The molecule has 0 atom stereocenters. The highest BCUT2D eigenvalue weighted by molar-refractivity contribution is 6.01. The molecule has 2 aromatic rings. The fraction of sp³-hybridized carbons (Fsp3) is 0.462. The van der Waals surface area contributed by atoms with Crippen LogP contribution in [0.5, 0.6) is 5.75 Å². The number of methoxy groups -OCH3 is 1. The first-order valence-corrected chi connectivity index (χ1v) is 11.2. The van der Waals surface area contributed by atoms with Crippen molar-refractivity contribution < 1.29 is 23.8 Å². The minimum Gasteiger partial charge on any atom is -0.478 e. The predicted molar refractivity (Wildman–Crippen MR) is 129 cm³/mol. The van der Waals surface area contributed by atoms with E-state index in [0.717, 1.165) is 5.69 Å². The molecule has 0 aromatic heterocycles. The van der Waals surface area contributed by atoms with Gasteiger partial charge in [-0.25, -0.2) is 4.79 Å². The minimum atomic E-state index is -1.15. The molecule has 0 unspecified atom stereocenters.